The number of carboxylic acid groups (broad SMARTS) is 1. The van der Waals surface area contributed by atoms with Crippen molar-refractivity contribution in [2.45, 2.75) is 76.6 Å². The molecule has 0 unspecified atom stereocenters. The Bertz CT molecular complexity index is 640. The van der Waals surface area contributed by atoms with Gasteiger partial charge in [-0.15, -0.1) is 0 Å². The Morgan fingerprint density at radius 3 is 2.70 bits per heavy atom. The number of alkyl carbamates (subject to hydrolysis) is 1. The molecular formula is C17H27N5O5. The van der Waals surface area contributed by atoms with Gasteiger partial charge in [0.05, 0.1) is 0 Å². The van der Waals surface area contributed by atoms with Crippen molar-refractivity contribution in [2.75, 3.05) is 6.54 Å². The minimum absolute atomic E-state index is 0.0476. The molecule has 0 radical (unpaired) electrons. The SMILES string of the molecule is CC(C)(C)OC(=O)N[C@H]1CC[C@H]2[C@H](CCCN=[N+]=[N-])C[C@@H](C(=O)O)N2C1=O. The number of ether oxygens (including phenoxy) is 1. The number of rotatable bonds is 6. The lowest BCUT2D eigenvalue weighted by atomic mass is 9.88. The molecule has 2 aliphatic rings. The average molecular weight is 381 g/mol. The standard InChI is InChI=1S/C17H27N5O5/c1-17(2,3)27-16(26)20-11-6-7-12-10(5-4-8-19-21-18)9-13(15(24)25)22(12)14(11)23/h10-13H,4-9H2,1-3H3,(H,20,26)(H,24,25)/t10-,11+,12+,13+/m1/s1. The summed E-state index contributed by atoms with van der Waals surface area (Å²) < 4.78 is 5.19. The van der Waals surface area contributed by atoms with Crippen LogP contribution in [0.25, 0.3) is 10.4 Å². The summed E-state index contributed by atoms with van der Waals surface area (Å²) in [6.07, 6.45) is 2.10. The number of nitrogens with zero attached hydrogens (tertiary/aromatic N) is 4. The van der Waals surface area contributed by atoms with Crippen LogP contribution < -0.4 is 5.32 Å². The number of carboxylic acids is 1. The highest BCUT2D eigenvalue weighted by Crippen LogP contribution is 2.39. The molecule has 0 aromatic rings. The summed E-state index contributed by atoms with van der Waals surface area (Å²) in [6.45, 7) is 5.54. The molecule has 2 N–H and O–H groups in total. The van der Waals surface area contributed by atoms with E-state index in [1.807, 2.05) is 0 Å². The van der Waals surface area contributed by atoms with E-state index in [-0.39, 0.29) is 17.9 Å². The van der Waals surface area contributed by atoms with Crippen LogP contribution in [-0.4, -0.2) is 58.2 Å². The Balaban J connectivity index is 2.05. The predicted molar refractivity (Wildman–Crippen MR) is 95.8 cm³/mol. The third-order valence-corrected chi connectivity index (χ3v) is 4.94. The molecule has 0 bridgehead atoms. The summed E-state index contributed by atoms with van der Waals surface area (Å²) in [5.74, 6) is -1.36. The van der Waals surface area contributed by atoms with Gasteiger partial charge in [0.25, 0.3) is 0 Å². The highest BCUT2D eigenvalue weighted by molar-refractivity contribution is 5.90. The molecule has 10 nitrogen and oxygen atoms in total. The monoisotopic (exact) mass is 381 g/mol. The van der Waals surface area contributed by atoms with Crippen LogP contribution >= 0.6 is 0 Å². The fourth-order valence-corrected chi connectivity index (χ4v) is 3.93. The number of aliphatic carboxylic acids is 1. The largest absolute Gasteiger partial charge is 0.480 e. The van der Waals surface area contributed by atoms with E-state index in [0.29, 0.717) is 38.6 Å². The van der Waals surface area contributed by atoms with Crippen molar-refractivity contribution in [3.63, 3.8) is 0 Å². The van der Waals surface area contributed by atoms with Crippen LogP contribution in [0, 0.1) is 5.92 Å². The fourth-order valence-electron chi connectivity index (χ4n) is 3.93. The first-order valence-corrected chi connectivity index (χ1v) is 9.19. The Kier molecular flexibility index (Phi) is 6.54. The van der Waals surface area contributed by atoms with Crippen LogP contribution in [0.15, 0.2) is 5.11 Å². The molecule has 4 atom stereocenters. The van der Waals surface area contributed by atoms with E-state index in [9.17, 15) is 19.5 Å². The van der Waals surface area contributed by atoms with E-state index in [4.69, 9.17) is 10.3 Å². The summed E-state index contributed by atoms with van der Waals surface area (Å²) in [6, 6.07) is -1.84. The summed E-state index contributed by atoms with van der Waals surface area (Å²) in [5, 5.41) is 15.6. The molecule has 2 saturated heterocycles. The van der Waals surface area contributed by atoms with Gasteiger partial charge in [-0.1, -0.05) is 5.11 Å². The first kappa shape index (κ1) is 20.8. The molecule has 2 amide bonds. The van der Waals surface area contributed by atoms with Gasteiger partial charge in [0.15, 0.2) is 0 Å². The van der Waals surface area contributed by atoms with Crippen LogP contribution in [0.2, 0.25) is 0 Å². The van der Waals surface area contributed by atoms with Gasteiger partial charge in [0, 0.05) is 17.5 Å². The minimum Gasteiger partial charge on any atom is -0.480 e. The maximum atomic E-state index is 12.9. The van der Waals surface area contributed by atoms with Gasteiger partial charge in [-0.2, -0.15) is 0 Å². The lowest BCUT2D eigenvalue weighted by Crippen LogP contribution is -2.58. The second-order valence-corrected chi connectivity index (χ2v) is 8.04. The van der Waals surface area contributed by atoms with Crippen molar-refractivity contribution in [3.8, 4) is 0 Å². The van der Waals surface area contributed by atoms with Crippen LogP contribution in [0.5, 0.6) is 0 Å². The van der Waals surface area contributed by atoms with Crippen LogP contribution in [0.3, 0.4) is 0 Å². The van der Waals surface area contributed by atoms with Crippen molar-refractivity contribution in [3.05, 3.63) is 10.4 Å². The topological polar surface area (TPSA) is 145 Å². The quantitative estimate of drug-likeness (QED) is 0.314. The summed E-state index contributed by atoms with van der Waals surface area (Å²) in [7, 11) is 0. The van der Waals surface area contributed by atoms with E-state index in [1.165, 1.54) is 4.90 Å². The number of hydrogen-bond acceptors (Lipinski definition) is 5. The number of carbonyl (C=O) groups excluding carboxylic acids is 2. The number of hydrogen-bond donors (Lipinski definition) is 2. The number of azide groups is 1. The highest BCUT2D eigenvalue weighted by atomic mass is 16.6. The molecule has 0 saturated carbocycles. The van der Waals surface area contributed by atoms with Crippen molar-refractivity contribution >= 4 is 18.0 Å². The van der Waals surface area contributed by atoms with Gasteiger partial charge in [-0.25, -0.2) is 9.59 Å². The maximum absolute atomic E-state index is 12.9. The molecule has 2 heterocycles. The Hall–Kier alpha value is -2.48. The van der Waals surface area contributed by atoms with E-state index >= 15 is 0 Å². The molecule has 27 heavy (non-hydrogen) atoms. The Morgan fingerprint density at radius 2 is 2.11 bits per heavy atom. The number of fused-ring (bicyclic) bond motifs is 1. The fraction of sp³-hybridized carbons (Fsp3) is 0.824. The minimum atomic E-state index is -1.04. The first-order valence-electron chi connectivity index (χ1n) is 9.19. The molecule has 2 aliphatic heterocycles. The van der Waals surface area contributed by atoms with Crippen LogP contribution in [0.4, 0.5) is 4.79 Å². The predicted octanol–water partition coefficient (Wildman–Crippen LogP) is 2.43. The smallest absolute Gasteiger partial charge is 0.408 e. The van der Waals surface area contributed by atoms with Crippen molar-refractivity contribution in [1.82, 2.24) is 10.2 Å². The highest BCUT2D eigenvalue weighted by Gasteiger charge is 2.50. The third kappa shape index (κ3) is 5.26. The van der Waals surface area contributed by atoms with Gasteiger partial charge >= 0.3 is 12.1 Å². The zero-order valence-electron chi connectivity index (χ0n) is 15.9. The third-order valence-electron chi connectivity index (χ3n) is 4.94. The van der Waals surface area contributed by atoms with Gasteiger partial charge in [-0.05, 0) is 64.3 Å². The van der Waals surface area contributed by atoms with E-state index in [1.54, 1.807) is 20.8 Å². The molecule has 0 aromatic carbocycles. The number of carbonyl (C=O) groups is 3. The number of amides is 2. The second-order valence-electron chi connectivity index (χ2n) is 8.04. The lowest BCUT2D eigenvalue weighted by molar-refractivity contribution is -0.152. The van der Waals surface area contributed by atoms with Crippen LogP contribution in [-0.2, 0) is 14.3 Å². The van der Waals surface area contributed by atoms with E-state index < -0.39 is 29.7 Å². The molecule has 0 aromatic heterocycles. The Morgan fingerprint density at radius 1 is 1.41 bits per heavy atom. The second kappa shape index (κ2) is 8.47. The maximum Gasteiger partial charge on any atom is 0.408 e. The van der Waals surface area contributed by atoms with Crippen LogP contribution in [0.1, 0.15) is 52.9 Å². The molecule has 10 heteroatoms. The van der Waals surface area contributed by atoms with Crippen molar-refractivity contribution in [2.24, 2.45) is 11.0 Å². The van der Waals surface area contributed by atoms with Crippen molar-refractivity contribution in [1.29, 1.82) is 0 Å². The first-order chi connectivity index (χ1) is 12.6. The van der Waals surface area contributed by atoms with Gasteiger partial charge in [0.2, 0.25) is 5.91 Å². The zero-order valence-corrected chi connectivity index (χ0v) is 15.9. The molecular weight excluding hydrogens is 354 g/mol. The van der Waals surface area contributed by atoms with Gasteiger partial charge < -0.3 is 20.1 Å². The Labute approximate surface area is 157 Å². The zero-order chi connectivity index (χ0) is 20.2. The summed E-state index contributed by atoms with van der Waals surface area (Å²) >= 11 is 0. The molecule has 150 valence electrons. The number of nitrogens with one attached hydrogen (secondary N) is 1. The number of piperidine rings is 1. The lowest BCUT2D eigenvalue weighted by Gasteiger charge is -2.38. The molecule has 0 aliphatic carbocycles. The molecule has 2 fully saturated rings. The van der Waals surface area contributed by atoms with Gasteiger partial charge in [0.1, 0.15) is 17.7 Å². The average Bonchev–Trinajstić information content (AvgIpc) is 2.92. The molecule has 0 spiro atoms. The van der Waals surface area contributed by atoms with Gasteiger partial charge in [-0.3, -0.25) is 4.79 Å². The summed E-state index contributed by atoms with van der Waals surface area (Å²) in [5.41, 5.74) is 7.67. The van der Waals surface area contributed by atoms with E-state index in [0.717, 1.165) is 0 Å². The molecule has 2 rings (SSSR count). The summed E-state index contributed by atoms with van der Waals surface area (Å²) in [4.78, 5) is 40.7. The van der Waals surface area contributed by atoms with Crippen molar-refractivity contribution < 1.29 is 24.2 Å². The normalized spacial score (nSPS) is 27.5. The van der Waals surface area contributed by atoms with E-state index in [2.05, 4.69) is 15.3 Å².